The molecule has 20 heavy (non-hydrogen) atoms. The number of aromatic nitrogens is 1. The maximum Gasteiger partial charge on any atom is 0.433 e. The number of aryl methyl sites for hydroxylation is 2. The van der Waals surface area contributed by atoms with Crippen molar-refractivity contribution in [2.75, 3.05) is 0 Å². The molecular weight excluding hydrogens is 263 g/mol. The van der Waals surface area contributed by atoms with E-state index in [1.54, 1.807) is 31.2 Å². The van der Waals surface area contributed by atoms with Crippen LogP contribution in [0.1, 0.15) is 16.8 Å². The van der Waals surface area contributed by atoms with Crippen molar-refractivity contribution in [2.45, 2.75) is 20.0 Å². The number of hydrogen-bond acceptors (Lipinski definition) is 1. The molecule has 0 aliphatic heterocycles. The zero-order chi connectivity index (χ0) is 14.5. The average Bonchev–Trinajstić information content (AvgIpc) is 2.36. The molecule has 0 saturated heterocycles. The van der Waals surface area contributed by atoms with Gasteiger partial charge in [0.1, 0.15) is 0 Å². The van der Waals surface area contributed by atoms with Gasteiger partial charge in [-0.1, -0.05) is 35.9 Å². The minimum absolute atomic E-state index is 0.196. The van der Waals surface area contributed by atoms with Gasteiger partial charge >= 0.3 is 6.18 Å². The van der Waals surface area contributed by atoms with Crippen molar-refractivity contribution in [2.24, 2.45) is 0 Å². The monoisotopic (exact) mass is 275 g/mol. The molecule has 0 aliphatic carbocycles. The fourth-order valence-corrected chi connectivity index (χ4v) is 2.67. The Balaban J connectivity index is 2.61. The lowest BCUT2D eigenvalue weighted by Gasteiger charge is -2.14. The molecule has 0 saturated carbocycles. The molecule has 102 valence electrons. The minimum atomic E-state index is -4.46. The van der Waals surface area contributed by atoms with Crippen LogP contribution < -0.4 is 0 Å². The number of nitrogens with zero attached hydrogens (tertiary/aromatic N) is 1. The van der Waals surface area contributed by atoms with Crippen molar-refractivity contribution in [3.8, 4) is 0 Å². The Morgan fingerprint density at radius 3 is 2.35 bits per heavy atom. The Morgan fingerprint density at radius 1 is 0.950 bits per heavy atom. The Labute approximate surface area is 114 Å². The largest absolute Gasteiger partial charge is 0.433 e. The van der Waals surface area contributed by atoms with E-state index >= 15 is 0 Å². The van der Waals surface area contributed by atoms with Gasteiger partial charge in [0.15, 0.2) is 5.69 Å². The summed E-state index contributed by atoms with van der Waals surface area (Å²) in [6.07, 6.45) is -4.46. The highest BCUT2D eigenvalue weighted by Gasteiger charge is 2.35. The van der Waals surface area contributed by atoms with Crippen LogP contribution >= 0.6 is 0 Å². The smallest absolute Gasteiger partial charge is 0.243 e. The van der Waals surface area contributed by atoms with Crippen LogP contribution in [0.4, 0.5) is 13.2 Å². The Morgan fingerprint density at radius 2 is 1.65 bits per heavy atom. The summed E-state index contributed by atoms with van der Waals surface area (Å²) in [4.78, 5) is 3.84. The topological polar surface area (TPSA) is 12.9 Å². The molecule has 3 rings (SSSR count). The van der Waals surface area contributed by atoms with Gasteiger partial charge in [-0.15, -0.1) is 0 Å². The van der Waals surface area contributed by atoms with Gasteiger partial charge in [0.05, 0.1) is 5.52 Å². The summed E-state index contributed by atoms with van der Waals surface area (Å²) in [7, 11) is 0. The van der Waals surface area contributed by atoms with E-state index in [-0.39, 0.29) is 5.39 Å². The Kier molecular flexibility index (Phi) is 2.71. The third-order valence-electron chi connectivity index (χ3n) is 3.41. The lowest BCUT2D eigenvalue weighted by Crippen LogP contribution is -2.10. The summed E-state index contributed by atoms with van der Waals surface area (Å²) < 4.78 is 39.8. The molecule has 2 aromatic carbocycles. The first-order chi connectivity index (χ1) is 9.38. The molecule has 1 nitrogen and oxygen atoms in total. The maximum atomic E-state index is 13.3. The molecule has 0 radical (unpaired) electrons. The summed E-state index contributed by atoms with van der Waals surface area (Å²) in [5, 5.41) is 1.56. The summed E-state index contributed by atoms with van der Waals surface area (Å²) in [6.45, 7) is 3.58. The maximum absolute atomic E-state index is 13.3. The highest BCUT2D eigenvalue weighted by atomic mass is 19.4. The van der Waals surface area contributed by atoms with Gasteiger partial charge in [-0.25, -0.2) is 4.98 Å². The van der Waals surface area contributed by atoms with Crippen molar-refractivity contribution >= 4 is 21.7 Å². The van der Waals surface area contributed by atoms with Gasteiger partial charge in [-0.2, -0.15) is 13.2 Å². The molecule has 3 aromatic rings. The quantitative estimate of drug-likeness (QED) is 0.525. The summed E-state index contributed by atoms with van der Waals surface area (Å²) >= 11 is 0. The second-order valence-corrected chi connectivity index (χ2v) is 4.98. The molecule has 0 spiro atoms. The first kappa shape index (κ1) is 12.9. The second-order valence-electron chi connectivity index (χ2n) is 4.98. The number of pyridine rings is 1. The number of halogens is 3. The number of alkyl halides is 3. The van der Waals surface area contributed by atoms with Gasteiger partial charge in [0, 0.05) is 10.8 Å². The molecule has 0 fully saturated rings. The van der Waals surface area contributed by atoms with Gasteiger partial charge in [-0.05, 0) is 30.9 Å². The lowest BCUT2D eigenvalue weighted by atomic mass is 9.97. The summed E-state index contributed by atoms with van der Waals surface area (Å²) in [5.41, 5.74) is 1.12. The predicted molar refractivity (Wildman–Crippen MR) is 73.7 cm³/mol. The molecular formula is C16H12F3N. The first-order valence-electron chi connectivity index (χ1n) is 6.25. The fourth-order valence-electron chi connectivity index (χ4n) is 2.67. The van der Waals surface area contributed by atoms with Crippen molar-refractivity contribution in [1.82, 2.24) is 4.98 Å². The van der Waals surface area contributed by atoms with E-state index < -0.39 is 11.9 Å². The van der Waals surface area contributed by atoms with Crippen LogP contribution in [0.15, 0.2) is 36.4 Å². The zero-order valence-corrected chi connectivity index (χ0v) is 11.0. The van der Waals surface area contributed by atoms with Crippen LogP contribution in [-0.4, -0.2) is 4.98 Å². The van der Waals surface area contributed by atoms with Gasteiger partial charge in [0.2, 0.25) is 0 Å². The van der Waals surface area contributed by atoms with Crippen LogP contribution in [-0.2, 0) is 6.18 Å². The highest BCUT2D eigenvalue weighted by Crippen LogP contribution is 2.38. The fraction of sp³-hybridized carbons (Fsp3) is 0.188. The van der Waals surface area contributed by atoms with Crippen LogP contribution in [0.2, 0.25) is 0 Å². The normalized spacial score (nSPS) is 12.2. The van der Waals surface area contributed by atoms with Crippen LogP contribution in [0.3, 0.4) is 0 Å². The van der Waals surface area contributed by atoms with Crippen LogP contribution in [0.5, 0.6) is 0 Å². The minimum Gasteiger partial charge on any atom is -0.243 e. The Bertz CT molecular complexity index is 819. The molecule has 0 atom stereocenters. The van der Waals surface area contributed by atoms with Crippen LogP contribution in [0, 0.1) is 13.8 Å². The lowest BCUT2D eigenvalue weighted by molar-refractivity contribution is -0.139. The zero-order valence-electron chi connectivity index (χ0n) is 11.0. The van der Waals surface area contributed by atoms with E-state index in [4.69, 9.17) is 0 Å². The van der Waals surface area contributed by atoms with Gasteiger partial charge in [0.25, 0.3) is 0 Å². The number of benzene rings is 2. The molecule has 0 aliphatic rings. The van der Waals surface area contributed by atoms with E-state index in [1.807, 2.05) is 19.1 Å². The highest BCUT2D eigenvalue weighted by molar-refractivity contribution is 6.08. The van der Waals surface area contributed by atoms with E-state index in [2.05, 4.69) is 4.98 Å². The Hall–Kier alpha value is -2.10. The molecule has 0 amide bonds. The average molecular weight is 275 g/mol. The number of para-hydroxylation sites is 1. The van der Waals surface area contributed by atoms with Gasteiger partial charge in [-0.3, -0.25) is 0 Å². The predicted octanol–water partition coefficient (Wildman–Crippen LogP) is 5.02. The van der Waals surface area contributed by atoms with Crippen LogP contribution in [0.25, 0.3) is 21.7 Å². The molecule has 1 heterocycles. The molecule has 0 unspecified atom stereocenters. The van der Waals surface area contributed by atoms with E-state index in [0.717, 1.165) is 10.9 Å². The number of hydrogen-bond donors (Lipinski definition) is 0. The van der Waals surface area contributed by atoms with Crippen molar-refractivity contribution in [3.63, 3.8) is 0 Å². The SMILES string of the molecule is Cc1cc(C)c2c(C(F)(F)F)nc3ccccc3c2c1. The standard InChI is InChI=1S/C16H12F3N/c1-9-7-10(2)14-12(8-9)11-5-3-4-6-13(11)20-15(14)16(17,18)19/h3-8H,1-2H3. The number of rotatable bonds is 0. The van der Waals surface area contributed by atoms with E-state index in [9.17, 15) is 13.2 Å². The molecule has 4 heteroatoms. The van der Waals surface area contributed by atoms with Crippen molar-refractivity contribution in [3.05, 3.63) is 53.2 Å². The first-order valence-corrected chi connectivity index (χ1v) is 6.25. The van der Waals surface area contributed by atoms with Crippen molar-refractivity contribution in [1.29, 1.82) is 0 Å². The molecule has 1 aromatic heterocycles. The van der Waals surface area contributed by atoms with Crippen molar-refractivity contribution < 1.29 is 13.2 Å². The summed E-state index contributed by atoms with van der Waals surface area (Å²) in [5.74, 6) is 0. The molecule has 0 N–H and O–H groups in total. The second kappa shape index (κ2) is 4.20. The third-order valence-corrected chi connectivity index (χ3v) is 3.41. The number of fused-ring (bicyclic) bond motifs is 3. The van der Waals surface area contributed by atoms with E-state index in [0.29, 0.717) is 16.5 Å². The third kappa shape index (κ3) is 1.92. The summed E-state index contributed by atoms with van der Waals surface area (Å²) in [6, 6.07) is 10.5. The van der Waals surface area contributed by atoms with Gasteiger partial charge < -0.3 is 0 Å². The molecule has 0 bridgehead atoms. The van der Waals surface area contributed by atoms with E-state index in [1.165, 1.54) is 0 Å².